The number of carbonyl (C=O) groups is 8. The van der Waals surface area contributed by atoms with Crippen LogP contribution in [0.4, 0.5) is 5.13 Å². The van der Waals surface area contributed by atoms with Gasteiger partial charge in [-0.3, -0.25) is 44.5 Å². The van der Waals surface area contributed by atoms with Gasteiger partial charge in [0.2, 0.25) is 5.60 Å². The molecule has 1 saturated heterocycles. The second-order valence-electron chi connectivity index (χ2n) is 13.0. The number of aliphatic carboxylic acids is 1. The van der Waals surface area contributed by atoms with E-state index >= 15 is 0 Å². The number of anilines is 1. The van der Waals surface area contributed by atoms with Crippen LogP contribution in [0.25, 0.3) is 5.78 Å². The molecular weight excluding hydrogens is 867 g/mol. The molecule has 61 heavy (non-hydrogen) atoms. The van der Waals surface area contributed by atoms with Crippen LogP contribution in [0.15, 0.2) is 57.3 Å². The van der Waals surface area contributed by atoms with E-state index < -0.39 is 76.1 Å². The number of hydrogen-bond donors (Lipinski definition) is 6. The summed E-state index contributed by atoms with van der Waals surface area (Å²) in [4.78, 5) is 119. The number of nitrogen functional groups attached to an aromatic ring is 1. The number of benzene rings is 1. The Morgan fingerprint density at radius 2 is 1.74 bits per heavy atom. The van der Waals surface area contributed by atoms with E-state index in [9.17, 15) is 48.6 Å². The Morgan fingerprint density at radius 1 is 1.02 bits per heavy atom. The number of esters is 2. The number of nitrogens with one attached hydrogen (secondary N) is 3. The highest BCUT2D eigenvalue weighted by atomic mass is 32.2. The summed E-state index contributed by atoms with van der Waals surface area (Å²) >= 11 is 3.26. The van der Waals surface area contributed by atoms with Crippen molar-refractivity contribution >= 4 is 99.0 Å². The van der Waals surface area contributed by atoms with Gasteiger partial charge in [0.1, 0.15) is 27.8 Å². The Balaban J connectivity index is 1.12. The third-order valence-corrected chi connectivity index (χ3v) is 11.3. The zero-order valence-corrected chi connectivity index (χ0v) is 34.3. The third kappa shape index (κ3) is 9.52. The number of rotatable bonds is 14. The zero-order chi connectivity index (χ0) is 44.3. The molecule has 318 valence electrons. The Kier molecular flexibility index (Phi) is 12.5. The SMILES string of the molecule is CC(=O)Oc1ccc(C(=O)NNC(=O)C(C)(C)ON=C(C(=O)NC2C(=O)N3C(C(=O)O)=C(CSc4ccnc5nc(C(=O)O)nn45)CS[C@@H]23)c2csc(N)n2)cc1OC(C)=O. The van der Waals surface area contributed by atoms with Crippen LogP contribution in [-0.2, 0) is 33.6 Å². The van der Waals surface area contributed by atoms with Gasteiger partial charge in [-0.25, -0.2) is 19.6 Å². The van der Waals surface area contributed by atoms with Crippen LogP contribution in [0.3, 0.4) is 0 Å². The van der Waals surface area contributed by atoms with Crippen molar-refractivity contribution in [3.63, 3.8) is 0 Å². The number of carboxylic acid groups (broad SMARTS) is 2. The molecule has 2 atom stereocenters. The molecule has 6 rings (SSSR count). The molecule has 3 aromatic heterocycles. The highest BCUT2D eigenvalue weighted by Gasteiger charge is 2.54. The number of carbonyl (C=O) groups excluding carboxylic acids is 6. The molecule has 0 spiro atoms. The van der Waals surface area contributed by atoms with E-state index in [2.05, 4.69) is 41.4 Å². The van der Waals surface area contributed by atoms with Crippen LogP contribution < -0.4 is 31.4 Å². The lowest BCUT2D eigenvalue weighted by Gasteiger charge is -2.49. The van der Waals surface area contributed by atoms with Crippen molar-refractivity contribution in [1.29, 1.82) is 0 Å². The van der Waals surface area contributed by atoms with Gasteiger partial charge in [0, 0.05) is 42.5 Å². The Hall–Kier alpha value is -7.13. The summed E-state index contributed by atoms with van der Waals surface area (Å²) in [7, 11) is 0. The molecular formula is C34H31N11O13S3. The molecule has 0 aliphatic carbocycles. The Labute approximate surface area is 354 Å². The number of hydrogen-bond acceptors (Lipinski definition) is 20. The highest BCUT2D eigenvalue weighted by Crippen LogP contribution is 2.41. The molecule has 4 amide bonds. The van der Waals surface area contributed by atoms with Crippen LogP contribution >= 0.6 is 34.9 Å². The van der Waals surface area contributed by atoms with E-state index in [-0.39, 0.29) is 50.9 Å². The number of aromatic carboxylic acids is 1. The van der Waals surface area contributed by atoms with Crippen molar-refractivity contribution in [3.05, 3.63) is 64.2 Å². The number of nitrogens with zero attached hydrogens (tertiary/aromatic N) is 7. The maximum absolute atomic E-state index is 13.7. The average Bonchev–Trinajstić information content (AvgIpc) is 3.84. The largest absolute Gasteiger partial charge is 0.477 e. The van der Waals surface area contributed by atoms with Crippen molar-refractivity contribution in [3.8, 4) is 11.5 Å². The fraction of sp³-hybridized carbons (Fsp3) is 0.265. The molecule has 4 aromatic rings. The summed E-state index contributed by atoms with van der Waals surface area (Å²) in [6.07, 6.45) is 1.39. The van der Waals surface area contributed by atoms with Crippen molar-refractivity contribution in [2.75, 3.05) is 17.2 Å². The zero-order valence-electron chi connectivity index (χ0n) is 31.9. The van der Waals surface area contributed by atoms with Crippen molar-refractivity contribution < 1.29 is 62.9 Å². The minimum atomic E-state index is -1.88. The quantitative estimate of drug-likeness (QED) is 0.0187. The summed E-state index contributed by atoms with van der Waals surface area (Å²) < 4.78 is 11.2. The van der Waals surface area contributed by atoms with Gasteiger partial charge >= 0.3 is 23.9 Å². The third-order valence-electron chi connectivity index (χ3n) is 8.22. The van der Waals surface area contributed by atoms with Gasteiger partial charge in [-0.15, -0.1) is 40.0 Å². The first kappa shape index (κ1) is 43.4. The Bertz CT molecular complexity index is 2590. The standard InChI is InChI=1S/C34H31N11O13S3/c1-13(46)56-18-6-5-15(9-19(18)57-14(2)47)25(48)40-41-31(55)34(3,4)58-43-21(17-12-61-32(35)37-17)26(49)38-22-27(50)44-23(29(51)52)16(11-60-28(22)44)10-59-20-7-8-36-33-39-24(30(53)54)42-45(20)33/h5-9,12,22,28H,10-11H2,1-4H3,(H2,35,37)(H,38,49)(H,40,48)(H,41,55)(H,51,52)(H,53,54)/t22?,28-/m0/s1. The monoisotopic (exact) mass is 897 g/mol. The number of thioether (sulfide) groups is 2. The number of amides is 4. The van der Waals surface area contributed by atoms with Gasteiger partial charge in [-0.05, 0) is 43.7 Å². The molecule has 24 nitrogen and oxygen atoms in total. The number of oxime groups is 1. The van der Waals surface area contributed by atoms with Crippen LogP contribution in [0, 0.1) is 0 Å². The van der Waals surface area contributed by atoms with E-state index in [1.165, 1.54) is 53.8 Å². The highest BCUT2D eigenvalue weighted by molar-refractivity contribution is 8.01. The minimum Gasteiger partial charge on any atom is -0.477 e. The number of hydrazine groups is 1. The molecule has 1 unspecified atom stereocenters. The first-order chi connectivity index (χ1) is 28.8. The minimum absolute atomic E-state index is 0.0227. The average molecular weight is 898 g/mol. The predicted octanol–water partition coefficient (Wildman–Crippen LogP) is 0.203. The van der Waals surface area contributed by atoms with Crippen LogP contribution in [0.1, 0.15) is 54.4 Å². The van der Waals surface area contributed by atoms with Crippen LogP contribution in [0.5, 0.6) is 11.5 Å². The molecule has 0 radical (unpaired) electrons. The second kappa shape index (κ2) is 17.6. The lowest BCUT2D eigenvalue weighted by atomic mass is 10.0. The van der Waals surface area contributed by atoms with Crippen molar-refractivity contribution in [2.24, 2.45) is 5.16 Å². The summed E-state index contributed by atoms with van der Waals surface area (Å²) in [6.45, 7) is 4.74. The summed E-state index contributed by atoms with van der Waals surface area (Å²) in [6, 6.07) is 3.87. The molecule has 1 fully saturated rings. The number of ether oxygens (including phenoxy) is 2. The summed E-state index contributed by atoms with van der Waals surface area (Å²) in [5.41, 5.74) is 7.65. The molecule has 1 aromatic carbocycles. The fourth-order valence-corrected chi connectivity index (χ4v) is 8.39. The number of nitrogens with two attached hydrogens (primary N) is 1. The van der Waals surface area contributed by atoms with Crippen LogP contribution in [-0.4, -0.2) is 121 Å². The van der Waals surface area contributed by atoms with Gasteiger partial charge in [0.05, 0.1) is 0 Å². The first-order valence-electron chi connectivity index (χ1n) is 17.2. The van der Waals surface area contributed by atoms with Gasteiger partial charge in [-0.1, -0.05) is 5.16 Å². The molecule has 27 heteroatoms. The number of carboxylic acids is 2. The smallest absolute Gasteiger partial charge is 0.375 e. The van der Waals surface area contributed by atoms with Crippen LogP contribution in [0.2, 0.25) is 0 Å². The van der Waals surface area contributed by atoms with E-state index in [1.54, 1.807) is 6.07 Å². The maximum Gasteiger partial charge on any atom is 0.375 e. The summed E-state index contributed by atoms with van der Waals surface area (Å²) in [5, 5.41) is 30.8. The van der Waals surface area contributed by atoms with Gasteiger partial charge in [0.15, 0.2) is 22.3 Å². The van der Waals surface area contributed by atoms with E-state index in [0.29, 0.717) is 10.6 Å². The van der Waals surface area contributed by atoms with Crippen molar-refractivity contribution in [2.45, 2.75) is 49.7 Å². The van der Waals surface area contributed by atoms with E-state index in [0.717, 1.165) is 47.9 Å². The molecule has 2 aliphatic rings. The fourth-order valence-electron chi connectivity index (χ4n) is 5.40. The topological polar surface area (TPSA) is 338 Å². The predicted molar refractivity (Wildman–Crippen MR) is 211 cm³/mol. The molecule has 5 heterocycles. The molecule has 0 bridgehead atoms. The lowest BCUT2D eigenvalue weighted by molar-refractivity contribution is -0.150. The van der Waals surface area contributed by atoms with Crippen molar-refractivity contribution in [1.82, 2.24) is 45.6 Å². The van der Waals surface area contributed by atoms with Gasteiger partial charge < -0.3 is 35.6 Å². The summed E-state index contributed by atoms with van der Waals surface area (Å²) in [5.74, 6) is -8.38. The van der Waals surface area contributed by atoms with E-state index in [1.807, 2.05) is 0 Å². The number of β-lactam (4-membered cyclic amide) rings is 1. The molecule has 2 aliphatic heterocycles. The Morgan fingerprint density at radius 3 is 2.39 bits per heavy atom. The van der Waals surface area contributed by atoms with Gasteiger partial charge in [-0.2, -0.15) is 9.50 Å². The number of thiazole rings is 1. The lowest BCUT2D eigenvalue weighted by Crippen LogP contribution is -2.71. The van der Waals surface area contributed by atoms with Gasteiger partial charge in [0.25, 0.3) is 35.2 Å². The van der Waals surface area contributed by atoms with E-state index in [4.69, 9.17) is 20.0 Å². The molecule has 7 N–H and O–H groups in total. The maximum atomic E-state index is 13.7. The normalized spacial score (nSPS) is 16.2. The first-order valence-corrected chi connectivity index (χ1v) is 20.1. The number of aromatic nitrogens is 5. The molecule has 0 saturated carbocycles. The second-order valence-corrected chi connectivity index (χ2v) is 16.0. The number of fused-ring (bicyclic) bond motifs is 2.